The van der Waals surface area contributed by atoms with E-state index in [2.05, 4.69) is 9.97 Å². The van der Waals surface area contributed by atoms with Crippen molar-refractivity contribution in [2.24, 2.45) is 0 Å². The van der Waals surface area contributed by atoms with Crippen molar-refractivity contribution in [1.82, 2.24) is 9.97 Å². The summed E-state index contributed by atoms with van der Waals surface area (Å²) in [4.78, 5) is 6.99. The van der Waals surface area contributed by atoms with Crippen molar-refractivity contribution in [1.29, 1.82) is 0 Å². The third kappa shape index (κ3) is 1.56. The minimum Gasteiger partial charge on any atom is -0.385 e. The van der Waals surface area contributed by atoms with Crippen molar-refractivity contribution in [2.75, 3.05) is 5.73 Å². The highest BCUT2D eigenvalue weighted by Gasteiger charge is 1.94. The number of aromatic amines is 1. The predicted octanol–water partition coefficient (Wildman–Crippen LogP) is 2.17. The number of nitrogens with one attached hydrogen (secondary N) is 1. The fourth-order valence-corrected chi connectivity index (χ4v) is 0.979. The lowest BCUT2D eigenvalue weighted by Gasteiger charge is -1.82. The molecule has 0 saturated heterocycles. The molecule has 0 amide bonds. The van der Waals surface area contributed by atoms with Crippen molar-refractivity contribution in [3.8, 4) is 0 Å². The van der Waals surface area contributed by atoms with Crippen molar-refractivity contribution >= 4 is 16.9 Å². The van der Waals surface area contributed by atoms with E-state index in [0.717, 1.165) is 11.0 Å². The summed E-state index contributed by atoms with van der Waals surface area (Å²) in [6.45, 7) is 4.00. The second-order valence-electron chi connectivity index (χ2n) is 2.17. The van der Waals surface area contributed by atoms with Gasteiger partial charge in [0.05, 0.1) is 0 Å². The number of nitrogens with two attached hydrogens (primary N) is 1. The van der Waals surface area contributed by atoms with Crippen LogP contribution in [0.25, 0.3) is 11.0 Å². The Morgan fingerprint density at radius 1 is 1.42 bits per heavy atom. The largest absolute Gasteiger partial charge is 0.385 e. The molecule has 2 rings (SSSR count). The third-order valence-corrected chi connectivity index (χ3v) is 1.41. The monoisotopic (exact) mass is 163 g/mol. The van der Waals surface area contributed by atoms with Crippen molar-refractivity contribution in [2.45, 2.75) is 13.8 Å². The molecular weight excluding hydrogens is 150 g/mol. The topological polar surface area (TPSA) is 54.7 Å². The molecule has 3 nitrogen and oxygen atoms in total. The zero-order chi connectivity index (χ0) is 8.97. The van der Waals surface area contributed by atoms with Crippen LogP contribution in [0.15, 0.2) is 24.4 Å². The van der Waals surface area contributed by atoms with Gasteiger partial charge in [-0.05, 0) is 18.2 Å². The summed E-state index contributed by atoms with van der Waals surface area (Å²) >= 11 is 0. The van der Waals surface area contributed by atoms with Crippen LogP contribution in [0.3, 0.4) is 0 Å². The van der Waals surface area contributed by atoms with Crippen LogP contribution in [-0.4, -0.2) is 9.97 Å². The molecule has 0 atom stereocenters. The SMILES string of the molecule is CC.Nc1cc2cccnc2[nH]1. The Balaban J connectivity index is 0.000000336. The van der Waals surface area contributed by atoms with Crippen LogP contribution in [0.5, 0.6) is 0 Å². The van der Waals surface area contributed by atoms with Crippen molar-refractivity contribution in [3.63, 3.8) is 0 Å². The average Bonchev–Trinajstić information content (AvgIpc) is 2.48. The van der Waals surface area contributed by atoms with Crippen molar-refractivity contribution in [3.05, 3.63) is 24.4 Å². The van der Waals surface area contributed by atoms with Crippen LogP contribution in [0, 0.1) is 0 Å². The number of nitrogens with zero attached hydrogens (tertiary/aromatic N) is 1. The van der Waals surface area contributed by atoms with E-state index < -0.39 is 0 Å². The molecule has 0 aliphatic heterocycles. The van der Waals surface area contributed by atoms with E-state index in [1.54, 1.807) is 6.20 Å². The number of rotatable bonds is 0. The number of anilines is 1. The first-order valence-corrected chi connectivity index (χ1v) is 4.05. The first-order chi connectivity index (χ1) is 5.86. The molecule has 0 spiro atoms. The maximum Gasteiger partial charge on any atom is 0.138 e. The number of hydrogen-bond donors (Lipinski definition) is 2. The fraction of sp³-hybridized carbons (Fsp3) is 0.222. The van der Waals surface area contributed by atoms with Crippen LogP contribution < -0.4 is 5.73 Å². The third-order valence-electron chi connectivity index (χ3n) is 1.41. The van der Waals surface area contributed by atoms with Gasteiger partial charge in [0.25, 0.3) is 0 Å². The summed E-state index contributed by atoms with van der Waals surface area (Å²) in [7, 11) is 0. The normalized spacial score (nSPS) is 9.17. The maximum atomic E-state index is 5.50. The van der Waals surface area contributed by atoms with Gasteiger partial charge in [0.2, 0.25) is 0 Å². The number of hydrogen-bond acceptors (Lipinski definition) is 2. The summed E-state index contributed by atoms with van der Waals surface area (Å²) in [5, 5.41) is 1.06. The van der Waals surface area contributed by atoms with Crippen LogP contribution in [0.2, 0.25) is 0 Å². The highest BCUT2D eigenvalue weighted by Crippen LogP contribution is 2.12. The molecule has 0 aliphatic carbocycles. The van der Waals surface area contributed by atoms with Gasteiger partial charge in [-0.15, -0.1) is 0 Å². The predicted molar refractivity (Wildman–Crippen MR) is 51.9 cm³/mol. The second kappa shape index (κ2) is 3.76. The minimum atomic E-state index is 0.661. The van der Waals surface area contributed by atoms with Gasteiger partial charge in [-0.1, -0.05) is 13.8 Å². The van der Waals surface area contributed by atoms with Gasteiger partial charge < -0.3 is 10.7 Å². The Kier molecular flexibility index (Phi) is 2.69. The number of nitrogen functional groups attached to an aromatic ring is 1. The number of fused-ring (bicyclic) bond motifs is 1. The molecule has 2 aromatic heterocycles. The number of H-pyrrole nitrogens is 1. The number of pyridine rings is 1. The molecule has 0 fully saturated rings. The van der Waals surface area contributed by atoms with Gasteiger partial charge in [0, 0.05) is 11.6 Å². The average molecular weight is 163 g/mol. The highest BCUT2D eigenvalue weighted by molar-refractivity contribution is 5.79. The Morgan fingerprint density at radius 2 is 2.17 bits per heavy atom. The van der Waals surface area contributed by atoms with Crippen molar-refractivity contribution < 1.29 is 0 Å². The quantitative estimate of drug-likeness (QED) is 0.625. The highest BCUT2D eigenvalue weighted by atomic mass is 14.9. The molecule has 2 heterocycles. The standard InChI is InChI=1S/C7H7N3.C2H6/c8-6-4-5-2-1-3-9-7(5)10-6;1-2/h1-4H,8H2,(H,9,10);1-2H3. The van der Waals surface area contributed by atoms with Gasteiger partial charge in [-0.2, -0.15) is 0 Å². The molecule has 0 unspecified atom stereocenters. The van der Waals surface area contributed by atoms with Crippen LogP contribution in [-0.2, 0) is 0 Å². The molecule has 64 valence electrons. The molecule has 3 N–H and O–H groups in total. The fourth-order valence-electron chi connectivity index (χ4n) is 0.979. The van der Waals surface area contributed by atoms with E-state index in [9.17, 15) is 0 Å². The van der Waals surface area contributed by atoms with Crippen LogP contribution in [0.1, 0.15) is 13.8 Å². The lowest BCUT2D eigenvalue weighted by molar-refractivity contribution is 1.33. The lowest BCUT2D eigenvalue weighted by atomic mass is 10.3. The molecule has 0 saturated carbocycles. The molecule has 0 radical (unpaired) electrons. The van der Waals surface area contributed by atoms with Gasteiger partial charge in [0.1, 0.15) is 11.5 Å². The Labute approximate surface area is 71.6 Å². The summed E-state index contributed by atoms with van der Waals surface area (Å²) < 4.78 is 0. The van der Waals surface area contributed by atoms with E-state index in [0.29, 0.717) is 5.82 Å². The van der Waals surface area contributed by atoms with E-state index >= 15 is 0 Å². The van der Waals surface area contributed by atoms with Gasteiger partial charge in [-0.25, -0.2) is 4.98 Å². The molecular formula is C9H13N3. The Morgan fingerprint density at radius 3 is 2.83 bits per heavy atom. The summed E-state index contributed by atoms with van der Waals surface area (Å²) in [5.74, 6) is 0.661. The zero-order valence-corrected chi connectivity index (χ0v) is 7.33. The first kappa shape index (κ1) is 8.59. The van der Waals surface area contributed by atoms with E-state index in [-0.39, 0.29) is 0 Å². The second-order valence-corrected chi connectivity index (χ2v) is 2.17. The summed E-state index contributed by atoms with van der Waals surface area (Å²) in [5.41, 5.74) is 6.34. The van der Waals surface area contributed by atoms with Crippen LogP contribution >= 0.6 is 0 Å². The molecule has 0 bridgehead atoms. The van der Waals surface area contributed by atoms with Gasteiger partial charge >= 0.3 is 0 Å². The van der Waals surface area contributed by atoms with Gasteiger partial charge in [-0.3, -0.25) is 0 Å². The Bertz CT molecular complexity index is 318. The number of aromatic nitrogens is 2. The van der Waals surface area contributed by atoms with Gasteiger partial charge in [0.15, 0.2) is 0 Å². The molecule has 2 aromatic rings. The maximum absolute atomic E-state index is 5.50. The van der Waals surface area contributed by atoms with E-state index in [4.69, 9.17) is 5.73 Å². The van der Waals surface area contributed by atoms with E-state index in [1.807, 2.05) is 32.0 Å². The lowest BCUT2D eigenvalue weighted by Crippen LogP contribution is -1.81. The molecule has 0 aromatic carbocycles. The molecule has 3 heteroatoms. The van der Waals surface area contributed by atoms with Crippen LogP contribution in [0.4, 0.5) is 5.82 Å². The summed E-state index contributed by atoms with van der Waals surface area (Å²) in [6.07, 6.45) is 1.73. The zero-order valence-electron chi connectivity index (χ0n) is 7.33. The minimum absolute atomic E-state index is 0.661. The Hall–Kier alpha value is -1.51. The van der Waals surface area contributed by atoms with E-state index in [1.165, 1.54) is 0 Å². The summed E-state index contributed by atoms with van der Waals surface area (Å²) in [6, 6.07) is 5.72. The molecule has 12 heavy (non-hydrogen) atoms. The molecule has 0 aliphatic rings. The first-order valence-electron chi connectivity index (χ1n) is 4.05. The smallest absolute Gasteiger partial charge is 0.138 e.